The molecule has 0 aliphatic carbocycles. The lowest BCUT2D eigenvalue weighted by atomic mass is 10.0. The summed E-state index contributed by atoms with van der Waals surface area (Å²) >= 11 is 0. The molecule has 1 aromatic heterocycles. The molecule has 3 N–H and O–H groups in total. The molecule has 0 bridgehead atoms. The summed E-state index contributed by atoms with van der Waals surface area (Å²) < 4.78 is 11.2. The normalized spacial score (nSPS) is 13.2. The molecular weight excluding hydrogens is 490 g/mol. The lowest BCUT2D eigenvalue weighted by Gasteiger charge is -2.25. The number of nitrogens with one attached hydrogen (secondary N) is 3. The Kier molecular flexibility index (Phi) is 7.92. The van der Waals surface area contributed by atoms with Crippen molar-refractivity contribution in [1.29, 1.82) is 0 Å². The number of hydrogen-bond donors (Lipinski definition) is 3. The third-order valence-electron chi connectivity index (χ3n) is 5.37. The smallest absolute Gasteiger partial charge is 0.356 e. The molecule has 4 rings (SSSR count). The van der Waals surface area contributed by atoms with Gasteiger partial charge in [-0.25, -0.2) is 35.9 Å². The first kappa shape index (κ1) is 25.8. The molecule has 0 atom stereocenters. The third kappa shape index (κ3) is 6.29. The van der Waals surface area contributed by atoms with Gasteiger partial charge in [0.05, 0.1) is 30.6 Å². The second-order valence-electron chi connectivity index (χ2n) is 8.14. The van der Waals surface area contributed by atoms with E-state index in [1.165, 1.54) is 13.3 Å². The number of hydrazone groups is 2. The van der Waals surface area contributed by atoms with Gasteiger partial charge < -0.3 is 9.47 Å². The summed E-state index contributed by atoms with van der Waals surface area (Å²) in [5.41, 5.74) is 9.55. The molecule has 0 saturated heterocycles. The predicted octanol–water partition coefficient (Wildman–Crippen LogP) is 3.45. The van der Waals surface area contributed by atoms with Crippen LogP contribution in [0.3, 0.4) is 0 Å². The fraction of sp³-hybridized carbons (Fsp3) is 0.154. The summed E-state index contributed by atoms with van der Waals surface area (Å²) in [5.74, 6) is 0.888. The summed E-state index contributed by atoms with van der Waals surface area (Å²) in [7, 11) is 1.52. The molecule has 0 fully saturated rings. The van der Waals surface area contributed by atoms with E-state index in [4.69, 9.17) is 9.47 Å². The van der Waals surface area contributed by atoms with E-state index in [-0.39, 0.29) is 18.2 Å². The van der Waals surface area contributed by atoms with Crippen LogP contribution in [-0.4, -0.2) is 52.9 Å². The van der Waals surface area contributed by atoms with E-state index in [1.807, 2.05) is 6.07 Å². The van der Waals surface area contributed by atoms with Gasteiger partial charge in [0, 0.05) is 23.4 Å². The van der Waals surface area contributed by atoms with Crippen molar-refractivity contribution in [1.82, 2.24) is 26.3 Å². The molecule has 12 nitrogen and oxygen atoms in total. The van der Waals surface area contributed by atoms with Gasteiger partial charge in [0.2, 0.25) is 5.88 Å². The minimum atomic E-state index is -0.697. The highest BCUT2D eigenvalue weighted by molar-refractivity contribution is 6.11. The Morgan fingerprint density at radius 2 is 1.87 bits per heavy atom. The fourth-order valence-corrected chi connectivity index (χ4v) is 3.39. The average Bonchev–Trinajstić information content (AvgIpc) is 2.94. The molecule has 1 aliphatic rings. The largest absolute Gasteiger partial charge is 0.497 e. The topological polar surface area (TPSA) is 147 Å². The number of ether oxygens (including phenoxy) is 2. The van der Waals surface area contributed by atoms with E-state index in [0.29, 0.717) is 39.6 Å². The van der Waals surface area contributed by atoms with Crippen molar-refractivity contribution in [2.75, 3.05) is 13.7 Å². The van der Waals surface area contributed by atoms with E-state index in [0.717, 1.165) is 5.01 Å². The van der Waals surface area contributed by atoms with Crippen LogP contribution in [0.1, 0.15) is 35.3 Å². The minimum absolute atomic E-state index is 0.153. The second kappa shape index (κ2) is 11.6. The molecule has 1 aliphatic heterocycles. The van der Waals surface area contributed by atoms with Crippen LogP contribution in [0.25, 0.3) is 0 Å². The Bertz CT molecular complexity index is 1410. The standard InChI is InChI=1S/C26H25N7O5/c1-16-15-33(26(36)31-28-16)32-25(35)30-29-17(2)19-9-12-23(27-14-19)38-22-11-10-20(37-3)13-21(22)24(34)18-7-5-4-6-8-18/h4-14H,15H2,1-3H3,(H,31,36)(H2,30,32,35)/b29-17+. The molecule has 4 amide bonds. The van der Waals surface area contributed by atoms with Gasteiger partial charge in [-0.15, -0.1) is 0 Å². The maximum absolute atomic E-state index is 13.1. The van der Waals surface area contributed by atoms with Gasteiger partial charge >= 0.3 is 12.1 Å². The van der Waals surface area contributed by atoms with E-state index in [9.17, 15) is 14.4 Å². The molecule has 3 aromatic rings. The zero-order valence-electron chi connectivity index (χ0n) is 20.9. The van der Waals surface area contributed by atoms with Gasteiger partial charge in [0.15, 0.2) is 5.78 Å². The van der Waals surface area contributed by atoms with Crippen LogP contribution in [0.5, 0.6) is 17.4 Å². The maximum Gasteiger partial charge on any atom is 0.356 e. The Morgan fingerprint density at radius 1 is 1.08 bits per heavy atom. The number of ketones is 1. The summed E-state index contributed by atoms with van der Waals surface area (Å²) in [6.45, 7) is 3.55. The van der Waals surface area contributed by atoms with Gasteiger partial charge in [-0.3, -0.25) is 4.79 Å². The molecule has 12 heteroatoms. The molecule has 2 aromatic carbocycles. The third-order valence-corrected chi connectivity index (χ3v) is 5.37. The van der Waals surface area contributed by atoms with E-state index in [2.05, 4.69) is 31.5 Å². The Balaban J connectivity index is 1.43. The molecule has 194 valence electrons. The number of aromatic nitrogens is 1. The number of carbonyl (C=O) groups excluding carboxylic acids is 3. The summed E-state index contributed by atoms with van der Waals surface area (Å²) in [5, 5.41) is 8.90. The van der Waals surface area contributed by atoms with Gasteiger partial charge in [0.1, 0.15) is 11.5 Å². The highest BCUT2D eigenvalue weighted by atomic mass is 16.5. The Labute approximate surface area is 218 Å². The van der Waals surface area contributed by atoms with Gasteiger partial charge in [-0.2, -0.15) is 10.2 Å². The number of urea groups is 2. The number of carbonyl (C=O) groups is 3. The SMILES string of the molecule is COc1ccc(Oc2ccc(/C(C)=N/NC(=O)NN3CC(C)=NNC3=O)cn2)c(C(=O)c2ccccc2)c1. The van der Waals surface area contributed by atoms with Gasteiger partial charge in [-0.1, -0.05) is 30.3 Å². The Hall–Kier alpha value is -5.26. The molecule has 38 heavy (non-hydrogen) atoms. The van der Waals surface area contributed by atoms with Crippen molar-refractivity contribution >= 4 is 29.3 Å². The van der Waals surface area contributed by atoms with Crippen molar-refractivity contribution in [2.24, 2.45) is 10.2 Å². The molecule has 0 spiro atoms. The monoisotopic (exact) mass is 515 g/mol. The van der Waals surface area contributed by atoms with Crippen LogP contribution in [0.2, 0.25) is 0 Å². The van der Waals surface area contributed by atoms with E-state index >= 15 is 0 Å². The zero-order valence-corrected chi connectivity index (χ0v) is 20.9. The van der Waals surface area contributed by atoms with Gasteiger partial charge in [0.25, 0.3) is 0 Å². The van der Waals surface area contributed by atoms with E-state index in [1.54, 1.807) is 68.4 Å². The summed E-state index contributed by atoms with van der Waals surface area (Å²) in [6.07, 6.45) is 1.52. The number of nitrogens with zero attached hydrogens (tertiary/aromatic N) is 4. The van der Waals surface area contributed by atoms with Crippen LogP contribution in [0.15, 0.2) is 77.1 Å². The lowest BCUT2D eigenvalue weighted by molar-refractivity contribution is 0.103. The molecular formula is C26H25N7O5. The number of amides is 4. The highest BCUT2D eigenvalue weighted by Crippen LogP contribution is 2.30. The van der Waals surface area contributed by atoms with Crippen LogP contribution < -0.4 is 25.8 Å². The molecule has 0 radical (unpaired) electrons. The highest BCUT2D eigenvalue weighted by Gasteiger charge is 2.20. The van der Waals surface area contributed by atoms with Crippen molar-refractivity contribution < 1.29 is 23.9 Å². The number of pyridine rings is 1. The average molecular weight is 516 g/mol. The van der Waals surface area contributed by atoms with E-state index < -0.39 is 12.1 Å². The number of benzene rings is 2. The Morgan fingerprint density at radius 3 is 2.58 bits per heavy atom. The number of hydrogen-bond acceptors (Lipinski definition) is 8. The first-order chi connectivity index (χ1) is 18.3. The molecule has 0 saturated carbocycles. The second-order valence-corrected chi connectivity index (χ2v) is 8.14. The number of rotatable bonds is 8. The van der Waals surface area contributed by atoms with Crippen LogP contribution in [0, 0.1) is 0 Å². The number of methoxy groups -OCH3 is 1. The maximum atomic E-state index is 13.1. The molecule has 2 heterocycles. The van der Waals surface area contributed by atoms with Crippen LogP contribution in [-0.2, 0) is 0 Å². The van der Waals surface area contributed by atoms with Crippen molar-refractivity contribution in [3.63, 3.8) is 0 Å². The minimum Gasteiger partial charge on any atom is -0.497 e. The van der Waals surface area contributed by atoms with Crippen molar-refractivity contribution in [3.05, 3.63) is 83.6 Å². The van der Waals surface area contributed by atoms with Crippen molar-refractivity contribution in [2.45, 2.75) is 13.8 Å². The zero-order chi connectivity index (χ0) is 27.1. The van der Waals surface area contributed by atoms with Crippen LogP contribution in [0.4, 0.5) is 9.59 Å². The first-order valence-corrected chi connectivity index (χ1v) is 11.5. The number of hydrazine groups is 1. The van der Waals surface area contributed by atoms with Crippen molar-refractivity contribution in [3.8, 4) is 17.4 Å². The quantitative estimate of drug-likeness (QED) is 0.238. The van der Waals surface area contributed by atoms with Crippen LogP contribution >= 0.6 is 0 Å². The summed E-state index contributed by atoms with van der Waals surface area (Å²) in [4.78, 5) is 41.3. The lowest BCUT2D eigenvalue weighted by Crippen LogP contribution is -2.56. The predicted molar refractivity (Wildman–Crippen MR) is 139 cm³/mol. The first-order valence-electron chi connectivity index (χ1n) is 11.5. The fourth-order valence-electron chi connectivity index (χ4n) is 3.39. The van der Waals surface area contributed by atoms with Gasteiger partial charge in [-0.05, 0) is 38.1 Å². The summed E-state index contributed by atoms with van der Waals surface area (Å²) in [6, 6.07) is 15.9. The molecule has 0 unspecified atom stereocenters.